The van der Waals surface area contributed by atoms with Crippen LogP contribution >= 0.6 is 0 Å². The molecule has 1 N–H and O–H groups in total. The molecule has 80 valence electrons. The minimum Gasteiger partial charge on any atom is -0.450 e. The predicted molar refractivity (Wildman–Crippen MR) is 51.6 cm³/mol. The highest BCUT2D eigenvalue weighted by Gasteiger charge is 2.26. The van der Waals surface area contributed by atoms with Gasteiger partial charge in [0.2, 0.25) is 0 Å². The van der Waals surface area contributed by atoms with Gasteiger partial charge in [0.1, 0.15) is 0 Å². The molecule has 0 bridgehead atoms. The van der Waals surface area contributed by atoms with Crippen molar-refractivity contribution >= 4 is 11.8 Å². The molecular formula is C9H16N2O3. The zero-order chi connectivity index (χ0) is 10.6. The highest BCUT2D eigenvalue weighted by molar-refractivity contribution is 5.88. The van der Waals surface area contributed by atoms with Crippen molar-refractivity contribution in [3.63, 3.8) is 0 Å². The molecule has 1 aliphatic heterocycles. The highest BCUT2D eigenvalue weighted by Crippen LogP contribution is 2.14. The van der Waals surface area contributed by atoms with Crippen LogP contribution in [0, 0.1) is 5.92 Å². The Morgan fingerprint density at radius 3 is 3.00 bits per heavy atom. The first kappa shape index (κ1) is 10.8. The van der Waals surface area contributed by atoms with Crippen molar-refractivity contribution in [2.45, 2.75) is 20.3 Å². The van der Waals surface area contributed by atoms with Crippen LogP contribution < -0.4 is 0 Å². The lowest BCUT2D eigenvalue weighted by molar-refractivity contribution is 0.102. The van der Waals surface area contributed by atoms with Gasteiger partial charge in [-0.15, -0.1) is 0 Å². The Morgan fingerprint density at radius 1 is 1.79 bits per heavy atom. The third-order valence-corrected chi connectivity index (χ3v) is 2.36. The van der Waals surface area contributed by atoms with Gasteiger partial charge < -0.3 is 14.8 Å². The number of oxime groups is 1. The van der Waals surface area contributed by atoms with Crippen molar-refractivity contribution in [2.75, 3.05) is 19.7 Å². The minimum atomic E-state index is -0.281. The molecule has 0 aliphatic carbocycles. The summed E-state index contributed by atoms with van der Waals surface area (Å²) in [6.07, 6.45) is 0.340. The van der Waals surface area contributed by atoms with Gasteiger partial charge in [0.15, 0.2) is 0 Å². The van der Waals surface area contributed by atoms with E-state index in [0.29, 0.717) is 26.1 Å². The molecule has 1 heterocycles. The normalized spacial score (nSPS) is 25.1. The van der Waals surface area contributed by atoms with Crippen molar-refractivity contribution in [1.29, 1.82) is 0 Å². The first-order chi connectivity index (χ1) is 6.69. The molecule has 1 amide bonds. The largest absolute Gasteiger partial charge is 0.450 e. The SMILES string of the molecule is CCOC(=O)N1CCC(=NO)C(C)C1. The summed E-state index contributed by atoms with van der Waals surface area (Å²) >= 11 is 0. The summed E-state index contributed by atoms with van der Waals surface area (Å²) in [6, 6.07) is 0. The summed E-state index contributed by atoms with van der Waals surface area (Å²) in [5, 5.41) is 11.8. The van der Waals surface area contributed by atoms with E-state index in [1.165, 1.54) is 0 Å². The number of rotatable bonds is 1. The Bertz CT molecular complexity index is 240. The standard InChI is InChI=1S/C9H16N2O3/c1-3-14-9(12)11-5-4-8(10-13)7(2)6-11/h7,13H,3-6H2,1-2H3. The van der Waals surface area contributed by atoms with Gasteiger partial charge in [0, 0.05) is 25.4 Å². The molecule has 0 spiro atoms. The molecule has 0 aromatic heterocycles. The quantitative estimate of drug-likeness (QED) is 0.513. The molecule has 1 fully saturated rings. The molecule has 5 nitrogen and oxygen atoms in total. The minimum absolute atomic E-state index is 0.109. The van der Waals surface area contributed by atoms with E-state index in [-0.39, 0.29) is 12.0 Å². The molecule has 0 aromatic rings. The van der Waals surface area contributed by atoms with Gasteiger partial charge in [-0.1, -0.05) is 12.1 Å². The van der Waals surface area contributed by atoms with Crippen LogP contribution in [-0.2, 0) is 4.74 Å². The molecule has 0 saturated carbocycles. The maximum Gasteiger partial charge on any atom is 0.409 e. The van der Waals surface area contributed by atoms with Gasteiger partial charge >= 0.3 is 6.09 Å². The van der Waals surface area contributed by atoms with Gasteiger partial charge in [-0.05, 0) is 6.92 Å². The maximum absolute atomic E-state index is 11.3. The zero-order valence-corrected chi connectivity index (χ0v) is 8.56. The predicted octanol–water partition coefficient (Wildman–Crippen LogP) is 1.31. The summed E-state index contributed by atoms with van der Waals surface area (Å²) < 4.78 is 4.88. The molecule has 5 heteroatoms. The Balaban J connectivity index is 2.50. The topological polar surface area (TPSA) is 62.1 Å². The highest BCUT2D eigenvalue weighted by atomic mass is 16.6. The fourth-order valence-electron chi connectivity index (χ4n) is 1.55. The van der Waals surface area contributed by atoms with E-state index in [2.05, 4.69) is 5.16 Å². The second-order valence-corrected chi connectivity index (χ2v) is 3.39. The van der Waals surface area contributed by atoms with Gasteiger partial charge in [-0.3, -0.25) is 0 Å². The van der Waals surface area contributed by atoms with Crippen molar-refractivity contribution in [2.24, 2.45) is 11.1 Å². The van der Waals surface area contributed by atoms with Crippen LogP contribution in [0.25, 0.3) is 0 Å². The number of hydrogen-bond acceptors (Lipinski definition) is 4. The third kappa shape index (κ3) is 2.37. The Hall–Kier alpha value is -1.26. The number of hydrogen-bond donors (Lipinski definition) is 1. The van der Waals surface area contributed by atoms with Crippen LogP contribution in [0.15, 0.2) is 5.16 Å². The fourth-order valence-corrected chi connectivity index (χ4v) is 1.55. The average molecular weight is 200 g/mol. The molecular weight excluding hydrogens is 184 g/mol. The number of amides is 1. The number of likely N-dealkylation sites (tertiary alicyclic amines) is 1. The smallest absolute Gasteiger partial charge is 0.409 e. The van der Waals surface area contributed by atoms with Crippen molar-refractivity contribution < 1.29 is 14.7 Å². The molecule has 1 unspecified atom stereocenters. The molecule has 1 rings (SSSR count). The first-order valence-corrected chi connectivity index (χ1v) is 4.81. The lowest BCUT2D eigenvalue weighted by Crippen LogP contribution is -2.43. The van der Waals surface area contributed by atoms with E-state index >= 15 is 0 Å². The number of nitrogens with zero attached hydrogens (tertiary/aromatic N) is 2. The van der Waals surface area contributed by atoms with E-state index < -0.39 is 0 Å². The second kappa shape index (κ2) is 4.83. The van der Waals surface area contributed by atoms with E-state index in [0.717, 1.165) is 5.71 Å². The summed E-state index contributed by atoms with van der Waals surface area (Å²) in [7, 11) is 0. The van der Waals surface area contributed by atoms with E-state index in [4.69, 9.17) is 9.94 Å². The number of carbonyl (C=O) groups excluding carboxylic acids is 1. The van der Waals surface area contributed by atoms with E-state index in [9.17, 15) is 4.79 Å². The van der Waals surface area contributed by atoms with Gasteiger partial charge in [0.05, 0.1) is 12.3 Å². The molecule has 0 aromatic carbocycles. The second-order valence-electron chi connectivity index (χ2n) is 3.39. The van der Waals surface area contributed by atoms with Crippen LogP contribution in [-0.4, -0.2) is 41.6 Å². The summed E-state index contributed by atoms with van der Waals surface area (Å²) in [5.41, 5.74) is 0.755. The maximum atomic E-state index is 11.3. The number of ether oxygens (including phenoxy) is 1. The monoisotopic (exact) mass is 200 g/mol. The van der Waals surface area contributed by atoms with Crippen LogP contribution in [0.5, 0.6) is 0 Å². The van der Waals surface area contributed by atoms with Crippen LogP contribution in [0.2, 0.25) is 0 Å². The van der Waals surface area contributed by atoms with Gasteiger partial charge in [-0.2, -0.15) is 0 Å². The molecule has 1 atom stereocenters. The fraction of sp³-hybridized carbons (Fsp3) is 0.778. The number of piperidine rings is 1. The summed E-state index contributed by atoms with van der Waals surface area (Å²) in [5.74, 6) is 0.109. The average Bonchev–Trinajstić information content (AvgIpc) is 2.18. The van der Waals surface area contributed by atoms with E-state index in [1.807, 2.05) is 6.92 Å². The Morgan fingerprint density at radius 2 is 2.50 bits per heavy atom. The van der Waals surface area contributed by atoms with Crippen molar-refractivity contribution in [3.8, 4) is 0 Å². The summed E-state index contributed by atoms with van der Waals surface area (Å²) in [6.45, 7) is 5.25. The zero-order valence-electron chi connectivity index (χ0n) is 8.56. The van der Waals surface area contributed by atoms with Crippen LogP contribution in [0.1, 0.15) is 20.3 Å². The first-order valence-electron chi connectivity index (χ1n) is 4.81. The van der Waals surface area contributed by atoms with Crippen molar-refractivity contribution in [1.82, 2.24) is 4.90 Å². The lowest BCUT2D eigenvalue weighted by atomic mass is 9.98. The molecule has 14 heavy (non-hydrogen) atoms. The number of carbonyl (C=O) groups is 1. The lowest BCUT2D eigenvalue weighted by Gasteiger charge is -2.30. The van der Waals surface area contributed by atoms with Crippen LogP contribution in [0.3, 0.4) is 0 Å². The van der Waals surface area contributed by atoms with Crippen molar-refractivity contribution in [3.05, 3.63) is 0 Å². The Labute approximate surface area is 83.3 Å². The third-order valence-electron chi connectivity index (χ3n) is 2.36. The summed E-state index contributed by atoms with van der Waals surface area (Å²) in [4.78, 5) is 13.0. The van der Waals surface area contributed by atoms with E-state index in [1.54, 1.807) is 11.8 Å². The molecule has 1 aliphatic rings. The Kier molecular flexibility index (Phi) is 3.73. The van der Waals surface area contributed by atoms with Gasteiger partial charge in [0.25, 0.3) is 0 Å². The van der Waals surface area contributed by atoms with Crippen LogP contribution in [0.4, 0.5) is 4.79 Å². The molecule has 0 radical (unpaired) electrons. The van der Waals surface area contributed by atoms with Gasteiger partial charge in [-0.25, -0.2) is 4.79 Å². The molecule has 1 saturated heterocycles.